The average molecular weight is 271 g/mol. The molecular weight excluding hydrogens is 246 g/mol. The van der Waals surface area contributed by atoms with Crippen LogP contribution < -0.4 is 5.32 Å². The molecule has 0 radical (unpaired) electrons. The summed E-state index contributed by atoms with van der Waals surface area (Å²) in [5.74, 6) is 1.11. The fourth-order valence-electron chi connectivity index (χ4n) is 1.31. The van der Waals surface area contributed by atoms with Crippen LogP contribution in [0.4, 0.5) is 4.79 Å². The highest BCUT2D eigenvalue weighted by atomic mass is 16.6. The lowest BCUT2D eigenvalue weighted by molar-refractivity contribution is 0.0493. The quantitative estimate of drug-likeness (QED) is 0.723. The maximum Gasteiger partial charge on any atom is 0.408 e. The van der Waals surface area contributed by atoms with Crippen LogP contribution in [-0.2, 0) is 14.2 Å². The van der Waals surface area contributed by atoms with Gasteiger partial charge in [0, 0.05) is 6.42 Å². The Morgan fingerprint density at radius 3 is 2.21 bits per heavy atom. The third-order valence-electron chi connectivity index (χ3n) is 2.34. The lowest BCUT2D eigenvalue weighted by Gasteiger charge is -2.24. The van der Waals surface area contributed by atoms with Gasteiger partial charge in [0.1, 0.15) is 11.4 Å². The van der Waals surface area contributed by atoms with Crippen LogP contribution in [0, 0.1) is 0 Å². The molecule has 0 aromatic carbocycles. The maximum absolute atomic E-state index is 11.7. The Morgan fingerprint density at radius 2 is 1.79 bits per heavy atom. The first-order valence-corrected chi connectivity index (χ1v) is 6.13. The van der Waals surface area contributed by atoms with Crippen molar-refractivity contribution in [2.24, 2.45) is 0 Å². The summed E-state index contributed by atoms with van der Waals surface area (Å²) in [7, 11) is 3.07. The molecule has 0 aliphatic heterocycles. The first-order valence-electron chi connectivity index (χ1n) is 6.13. The predicted octanol–water partition coefficient (Wildman–Crippen LogP) is 2.98. The second kappa shape index (κ2) is 7.71. The van der Waals surface area contributed by atoms with Gasteiger partial charge in [-0.3, -0.25) is 0 Å². The number of hydrogen-bond acceptors (Lipinski definition) is 4. The fraction of sp³-hybridized carbons (Fsp3) is 0.643. The highest BCUT2D eigenvalue weighted by Gasteiger charge is 2.21. The first kappa shape index (κ1) is 17.4. The van der Waals surface area contributed by atoms with E-state index in [0.29, 0.717) is 24.4 Å². The summed E-state index contributed by atoms with van der Waals surface area (Å²) in [5.41, 5.74) is -0.542. The van der Waals surface area contributed by atoms with E-state index in [1.165, 1.54) is 7.11 Å². The minimum Gasteiger partial charge on any atom is -0.502 e. The number of carbonyl (C=O) groups is 1. The summed E-state index contributed by atoms with van der Waals surface area (Å²) in [4.78, 5) is 11.7. The first-order chi connectivity index (χ1) is 8.69. The molecule has 1 atom stereocenters. The lowest BCUT2D eigenvalue weighted by Crippen LogP contribution is -2.40. The van der Waals surface area contributed by atoms with E-state index < -0.39 is 11.7 Å². The van der Waals surface area contributed by atoms with Gasteiger partial charge in [-0.05, 0) is 27.2 Å². The lowest BCUT2D eigenvalue weighted by atomic mass is 10.1. The summed E-state index contributed by atoms with van der Waals surface area (Å²) in [6.45, 7) is 12.9. The van der Waals surface area contributed by atoms with Crippen LogP contribution in [0.5, 0.6) is 0 Å². The normalized spacial score (nSPS) is 12.3. The summed E-state index contributed by atoms with van der Waals surface area (Å²) < 4.78 is 15.3. The van der Waals surface area contributed by atoms with E-state index in [0.717, 1.165) is 0 Å². The molecule has 0 aliphatic rings. The van der Waals surface area contributed by atoms with Crippen LogP contribution in [0.1, 0.15) is 33.6 Å². The van der Waals surface area contributed by atoms with Gasteiger partial charge in [-0.1, -0.05) is 13.2 Å². The zero-order chi connectivity index (χ0) is 15.1. The van der Waals surface area contributed by atoms with Crippen molar-refractivity contribution in [3.63, 3.8) is 0 Å². The largest absolute Gasteiger partial charge is 0.502 e. The van der Waals surface area contributed by atoms with E-state index in [1.54, 1.807) is 27.9 Å². The molecule has 5 nitrogen and oxygen atoms in total. The third kappa shape index (κ3) is 8.13. The molecule has 0 aliphatic carbocycles. The molecule has 19 heavy (non-hydrogen) atoms. The molecule has 0 spiro atoms. The van der Waals surface area contributed by atoms with Crippen LogP contribution in [-0.4, -0.2) is 32.0 Å². The molecule has 0 aromatic heterocycles. The molecule has 0 heterocycles. The number of rotatable bonds is 7. The van der Waals surface area contributed by atoms with E-state index in [4.69, 9.17) is 14.2 Å². The van der Waals surface area contributed by atoms with Crippen molar-refractivity contribution in [1.82, 2.24) is 5.32 Å². The minimum atomic E-state index is -0.542. The van der Waals surface area contributed by atoms with Gasteiger partial charge in [-0.2, -0.15) is 0 Å². The SMILES string of the molecule is C=C(CC[C@H](NC(=O)OC(C)(C)C)C(=C)OC)OC. The van der Waals surface area contributed by atoms with E-state index in [9.17, 15) is 4.79 Å². The Hall–Kier alpha value is -1.65. The smallest absolute Gasteiger partial charge is 0.408 e. The molecule has 1 N–H and O–H groups in total. The molecule has 0 unspecified atom stereocenters. The van der Waals surface area contributed by atoms with Gasteiger partial charge in [0.2, 0.25) is 0 Å². The molecule has 0 bridgehead atoms. The van der Waals surface area contributed by atoms with Crippen molar-refractivity contribution in [2.75, 3.05) is 14.2 Å². The number of methoxy groups -OCH3 is 2. The highest BCUT2D eigenvalue weighted by molar-refractivity contribution is 5.68. The second-order valence-corrected chi connectivity index (χ2v) is 5.15. The number of amides is 1. The van der Waals surface area contributed by atoms with Gasteiger partial charge in [0.25, 0.3) is 0 Å². The van der Waals surface area contributed by atoms with Gasteiger partial charge in [-0.15, -0.1) is 0 Å². The Morgan fingerprint density at radius 1 is 1.21 bits per heavy atom. The number of nitrogens with one attached hydrogen (secondary N) is 1. The summed E-state index contributed by atoms with van der Waals surface area (Å²) in [6.07, 6.45) is 0.677. The van der Waals surface area contributed by atoms with Gasteiger partial charge in [0.05, 0.1) is 26.0 Å². The van der Waals surface area contributed by atoms with Gasteiger partial charge in [-0.25, -0.2) is 4.79 Å². The highest BCUT2D eigenvalue weighted by Crippen LogP contribution is 2.14. The monoisotopic (exact) mass is 271 g/mol. The van der Waals surface area contributed by atoms with Gasteiger partial charge < -0.3 is 19.5 Å². The third-order valence-corrected chi connectivity index (χ3v) is 2.34. The zero-order valence-corrected chi connectivity index (χ0v) is 12.5. The predicted molar refractivity (Wildman–Crippen MR) is 74.7 cm³/mol. The number of alkyl carbamates (subject to hydrolysis) is 1. The topological polar surface area (TPSA) is 56.8 Å². The maximum atomic E-state index is 11.7. The molecule has 0 rings (SSSR count). The van der Waals surface area contributed by atoms with E-state index >= 15 is 0 Å². The van der Waals surface area contributed by atoms with Crippen molar-refractivity contribution in [1.29, 1.82) is 0 Å². The average Bonchev–Trinajstić information content (AvgIpc) is 2.30. The number of allylic oxidation sites excluding steroid dienone is 1. The standard InChI is InChI=1S/C14H25NO4/c1-10(17-6)8-9-12(11(2)18-7)15-13(16)19-14(3,4)5/h12H,1-2,8-9H2,3-7H3,(H,15,16)/t12-/m0/s1. The zero-order valence-electron chi connectivity index (χ0n) is 12.5. The van der Waals surface area contributed by atoms with E-state index in [1.807, 2.05) is 0 Å². The Labute approximate surface area is 115 Å². The summed E-state index contributed by atoms with van der Waals surface area (Å²) in [5, 5.41) is 2.72. The minimum absolute atomic E-state index is 0.341. The van der Waals surface area contributed by atoms with Crippen molar-refractivity contribution >= 4 is 6.09 Å². The molecular formula is C14H25NO4. The summed E-state index contributed by atoms with van der Waals surface area (Å²) in [6, 6.07) is -0.341. The number of ether oxygens (including phenoxy) is 3. The van der Waals surface area contributed by atoms with Crippen molar-refractivity contribution in [3.8, 4) is 0 Å². The van der Waals surface area contributed by atoms with Crippen LogP contribution in [0.15, 0.2) is 24.7 Å². The van der Waals surface area contributed by atoms with Crippen molar-refractivity contribution in [2.45, 2.75) is 45.3 Å². The Balaban J connectivity index is 4.47. The van der Waals surface area contributed by atoms with Crippen molar-refractivity contribution in [3.05, 3.63) is 24.7 Å². The fourth-order valence-corrected chi connectivity index (χ4v) is 1.31. The van der Waals surface area contributed by atoms with Crippen LogP contribution in [0.2, 0.25) is 0 Å². The summed E-state index contributed by atoms with van der Waals surface area (Å²) >= 11 is 0. The van der Waals surface area contributed by atoms with Crippen molar-refractivity contribution < 1.29 is 19.0 Å². The number of hydrogen-bond donors (Lipinski definition) is 1. The van der Waals surface area contributed by atoms with Gasteiger partial charge >= 0.3 is 6.09 Å². The molecule has 110 valence electrons. The number of carbonyl (C=O) groups excluding carboxylic acids is 1. The molecule has 0 fully saturated rings. The van der Waals surface area contributed by atoms with E-state index in [-0.39, 0.29) is 6.04 Å². The molecule has 0 aromatic rings. The molecule has 5 heteroatoms. The van der Waals surface area contributed by atoms with E-state index in [2.05, 4.69) is 18.5 Å². The molecule has 0 saturated carbocycles. The van der Waals surface area contributed by atoms with Gasteiger partial charge in [0.15, 0.2) is 0 Å². The molecule has 0 saturated heterocycles. The Kier molecular flexibility index (Phi) is 7.04. The van der Waals surface area contributed by atoms with Crippen LogP contribution >= 0.6 is 0 Å². The molecule has 1 amide bonds. The Bertz CT molecular complexity index is 331. The van der Waals surface area contributed by atoms with Crippen LogP contribution in [0.3, 0.4) is 0 Å². The van der Waals surface area contributed by atoms with Crippen LogP contribution in [0.25, 0.3) is 0 Å². The second-order valence-electron chi connectivity index (χ2n) is 5.15.